The summed E-state index contributed by atoms with van der Waals surface area (Å²) < 4.78 is 1.62. The molecule has 0 bridgehead atoms. The molecule has 2 aromatic rings. The van der Waals surface area contributed by atoms with E-state index in [0.717, 1.165) is 31.5 Å². The van der Waals surface area contributed by atoms with Crippen molar-refractivity contribution in [2.75, 3.05) is 24.3 Å². The predicted octanol–water partition coefficient (Wildman–Crippen LogP) is 1.70. The Morgan fingerprint density at radius 2 is 1.96 bits per heavy atom. The quantitative estimate of drug-likeness (QED) is 0.925. The fraction of sp³-hybridized carbons (Fsp3) is 0.500. The third-order valence-corrected chi connectivity index (χ3v) is 4.18. The van der Waals surface area contributed by atoms with Gasteiger partial charge in [-0.15, -0.1) is 0 Å². The maximum Gasteiger partial charge on any atom is 0.266 e. The van der Waals surface area contributed by atoms with E-state index in [1.165, 1.54) is 0 Å². The van der Waals surface area contributed by atoms with E-state index in [9.17, 15) is 4.79 Å². The van der Waals surface area contributed by atoms with Crippen LogP contribution < -0.4 is 15.8 Å². The van der Waals surface area contributed by atoms with Gasteiger partial charge in [0, 0.05) is 38.6 Å². The van der Waals surface area contributed by atoms with Gasteiger partial charge in [0.15, 0.2) is 0 Å². The highest BCUT2D eigenvalue weighted by Gasteiger charge is 2.23. The minimum Gasteiger partial charge on any atom is -0.367 e. The first-order valence-electron chi connectivity index (χ1n) is 7.94. The summed E-state index contributed by atoms with van der Waals surface area (Å²) in [5, 5.41) is 7.68. The molecule has 3 rings (SSSR count). The number of hydrogen-bond acceptors (Lipinski definition) is 6. The number of anilines is 2. The molecule has 0 radical (unpaired) electrons. The van der Waals surface area contributed by atoms with Crippen molar-refractivity contribution in [3.63, 3.8) is 0 Å². The molecule has 0 aromatic carbocycles. The van der Waals surface area contributed by atoms with E-state index in [0.29, 0.717) is 12.0 Å². The van der Waals surface area contributed by atoms with E-state index < -0.39 is 0 Å². The van der Waals surface area contributed by atoms with Crippen LogP contribution in [0.4, 0.5) is 11.8 Å². The lowest BCUT2D eigenvalue weighted by Gasteiger charge is -2.29. The Kier molecular flexibility index (Phi) is 4.55. The molecule has 23 heavy (non-hydrogen) atoms. The maximum absolute atomic E-state index is 11.9. The van der Waals surface area contributed by atoms with Gasteiger partial charge in [-0.3, -0.25) is 4.79 Å². The van der Waals surface area contributed by atoms with Crippen LogP contribution in [0.5, 0.6) is 0 Å². The molecule has 0 atom stereocenters. The molecule has 7 nitrogen and oxygen atoms in total. The van der Waals surface area contributed by atoms with Gasteiger partial charge < -0.3 is 10.2 Å². The van der Waals surface area contributed by atoms with Crippen molar-refractivity contribution in [1.82, 2.24) is 19.7 Å². The van der Waals surface area contributed by atoms with Crippen molar-refractivity contribution >= 4 is 11.8 Å². The van der Waals surface area contributed by atoms with Crippen molar-refractivity contribution in [1.29, 1.82) is 0 Å². The van der Waals surface area contributed by atoms with E-state index >= 15 is 0 Å². The summed E-state index contributed by atoms with van der Waals surface area (Å²) >= 11 is 0. The van der Waals surface area contributed by atoms with Crippen molar-refractivity contribution in [2.24, 2.45) is 0 Å². The zero-order chi connectivity index (χ0) is 16.2. The van der Waals surface area contributed by atoms with Crippen LogP contribution in [-0.2, 0) is 0 Å². The number of nitrogens with zero attached hydrogens (tertiary/aromatic N) is 5. The van der Waals surface area contributed by atoms with Gasteiger partial charge in [-0.25, -0.2) is 9.67 Å². The Morgan fingerprint density at radius 1 is 1.17 bits per heavy atom. The number of hydrogen-bond donors (Lipinski definition) is 1. The largest absolute Gasteiger partial charge is 0.367 e. The standard InChI is InChI=1S/C16H22N6O/c1-21(2)16-17-11-9-14(20-16)19-12-5-7-13(8-6-12)22-15(23)4-3-10-18-22/h3-4,9-13H,5-8H2,1-2H3,(H,17,19,20). The first-order chi connectivity index (χ1) is 11.1. The van der Waals surface area contributed by atoms with Gasteiger partial charge in [-0.05, 0) is 37.8 Å². The zero-order valence-corrected chi connectivity index (χ0v) is 13.5. The van der Waals surface area contributed by atoms with Gasteiger partial charge in [0.1, 0.15) is 5.82 Å². The number of nitrogens with one attached hydrogen (secondary N) is 1. The normalized spacial score (nSPS) is 21.0. The van der Waals surface area contributed by atoms with Crippen LogP contribution in [0.1, 0.15) is 31.7 Å². The second-order valence-corrected chi connectivity index (χ2v) is 6.09. The Bertz CT molecular complexity index is 705. The highest BCUT2D eigenvalue weighted by atomic mass is 16.1. The van der Waals surface area contributed by atoms with Crippen LogP contribution in [0, 0.1) is 0 Å². The van der Waals surface area contributed by atoms with Gasteiger partial charge in [0.2, 0.25) is 5.95 Å². The molecule has 0 saturated heterocycles. The van der Waals surface area contributed by atoms with E-state index in [-0.39, 0.29) is 11.6 Å². The van der Waals surface area contributed by atoms with Gasteiger partial charge in [0.25, 0.3) is 5.56 Å². The SMILES string of the molecule is CN(C)c1nccc(NC2CCC(n3ncccc3=O)CC2)n1. The Labute approximate surface area is 135 Å². The Morgan fingerprint density at radius 3 is 2.65 bits per heavy atom. The molecule has 2 heterocycles. The monoisotopic (exact) mass is 314 g/mol. The van der Waals surface area contributed by atoms with Crippen molar-refractivity contribution < 1.29 is 0 Å². The van der Waals surface area contributed by atoms with Gasteiger partial charge in [-0.1, -0.05) is 0 Å². The topological polar surface area (TPSA) is 75.9 Å². The lowest BCUT2D eigenvalue weighted by Crippen LogP contribution is -2.33. The molecule has 1 saturated carbocycles. The van der Waals surface area contributed by atoms with E-state index in [4.69, 9.17) is 0 Å². The van der Waals surface area contributed by atoms with Crippen LogP contribution in [0.3, 0.4) is 0 Å². The molecule has 7 heteroatoms. The summed E-state index contributed by atoms with van der Waals surface area (Å²) in [6.07, 6.45) is 7.32. The van der Waals surface area contributed by atoms with E-state index in [2.05, 4.69) is 20.4 Å². The van der Waals surface area contributed by atoms with Gasteiger partial charge in [0.05, 0.1) is 6.04 Å². The fourth-order valence-electron chi connectivity index (χ4n) is 2.96. The average Bonchev–Trinajstić information content (AvgIpc) is 2.56. The molecular weight excluding hydrogens is 292 g/mol. The third-order valence-electron chi connectivity index (χ3n) is 4.18. The maximum atomic E-state index is 11.9. The molecule has 0 aliphatic heterocycles. The minimum atomic E-state index is -0.0182. The number of aromatic nitrogens is 4. The summed E-state index contributed by atoms with van der Waals surface area (Å²) in [6.45, 7) is 0. The molecule has 0 amide bonds. The summed E-state index contributed by atoms with van der Waals surface area (Å²) in [5.41, 5.74) is -0.0182. The Balaban J connectivity index is 1.60. The minimum absolute atomic E-state index is 0.0182. The summed E-state index contributed by atoms with van der Waals surface area (Å²) in [7, 11) is 3.85. The molecule has 122 valence electrons. The highest BCUT2D eigenvalue weighted by molar-refractivity contribution is 5.41. The summed E-state index contributed by atoms with van der Waals surface area (Å²) in [5.74, 6) is 1.55. The summed E-state index contributed by atoms with van der Waals surface area (Å²) in [6, 6.07) is 5.72. The molecule has 0 unspecified atom stereocenters. The molecule has 0 spiro atoms. The van der Waals surface area contributed by atoms with Crippen molar-refractivity contribution in [2.45, 2.75) is 37.8 Å². The van der Waals surface area contributed by atoms with Crippen molar-refractivity contribution in [3.8, 4) is 0 Å². The van der Waals surface area contributed by atoms with Gasteiger partial charge in [-0.2, -0.15) is 10.1 Å². The second kappa shape index (κ2) is 6.76. The second-order valence-electron chi connectivity index (χ2n) is 6.09. The first kappa shape index (κ1) is 15.5. The van der Waals surface area contributed by atoms with Crippen LogP contribution in [-0.4, -0.2) is 39.9 Å². The fourth-order valence-corrected chi connectivity index (χ4v) is 2.96. The Hall–Kier alpha value is -2.44. The van der Waals surface area contributed by atoms with Crippen LogP contribution in [0.15, 0.2) is 35.4 Å². The molecule has 1 N–H and O–H groups in total. The van der Waals surface area contributed by atoms with Crippen LogP contribution in [0.2, 0.25) is 0 Å². The lowest BCUT2D eigenvalue weighted by atomic mass is 9.91. The van der Waals surface area contributed by atoms with E-state index in [1.54, 1.807) is 29.2 Å². The smallest absolute Gasteiger partial charge is 0.266 e. The third kappa shape index (κ3) is 3.67. The van der Waals surface area contributed by atoms with Crippen LogP contribution in [0.25, 0.3) is 0 Å². The first-order valence-corrected chi connectivity index (χ1v) is 7.94. The molecule has 1 fully saturated rings. The van der Waals surface area contributed by atoms with Crippen molar-refractivity contribution in [3.05, 3.63) is 40.9 Å². The summed E-state index contributed by atoms with van der Waals surface area (Å²) in [4.78, 5) is 22.5. The highest BCUT2D eigenvalue weighted by Crippen LogP contribution is 2.28. The van der Waals surface area contributed by atoms with Crippen LogP contribution >= 0.6 is 0 Å². The molecule has 2 aromatic heterocycles. The zero-order valence-electron chi connectivity index (χ0n) is 13.5. The van der Waals surface area contributed by atoms with Gasteiger partial charge >= 0.3 is 0 Å². The predicted molar refractivity (Wildman–Crippen MR) is 89.8 cm³/mol. The lowest BCUT2D eigenvalue weighted by molar-refractivity contribution is 0.303. The van der Waals surface area contributed by atoms with E-state index in [1.807, 2.05) is 25.1 Å². The molecule has 1 aliphatic carbocycles. The average molecular weight is 314 g/mol. The molecular formula is C16H22N6O. The number of rotatable bonds is 4. The molecule has 1 aliphatic rings.